The monoisotopic (exact) mass is 964 g/mol. The minimum atomic E-state index is -4.62. The average molecular weight is 965 g/mol. The number of hydrazone groups is 2. The van der Waals surface area contributed by atoms with Crippen LogP contribution in [0.1, 0.15) is 13.8 Å². The first-order valence-corrected chi connectivity index (χ1v) is 18.8. The molecular formula is C32H24CoN10Na3O14S2. The zero-order valence-corrected chi connectivity index (χ0v) is 41.4. The molecule has 0 bridgehead atoms. The maximum atomic E-state index is 12.7. The molecule has 2 heterocycles. The van der Waals surface area contributed by atoms with Crippen molar-refractivity contribution >= 4 is 65.8 Å². The molecule has 24 nitrogen and oxygen atoms in total. The zero-order valence-electron chi connectivity index (χ0n) is 32.7. The molecule has 2 aliphatic heterocycles. The summed E-state index contributed by atoms with van der Waals surface area (Å²) in [5.74, 6) is -1.19. The molecule has 0 aromatic heterocycles. The molecule has 0 amide bonds. The molecule has 0 aliphatic carbocycles. The van der Waals surface area contributed by atoms with Crippen molar-refractivity contribution in [2.24, 2.45) is 30.7 Å². The maximum Gasteiger partial charge on any atom is 3.00 e. The van der Waals surface area contributed by atoms with E-state index in [-0.39, 0.29) is 151 Å². The van der Waals surface area contributed by atoms with Crippen molar-refractivity contribution < 1.29 is 162 Å². The normalized spacial score (nSPS) is 18.3. The van der Waals surface area contributed by atoms with Crippen LogP contribution < -0.4 is 119 Å². The molecule has 0 N–H and O–H groups in total. The Labute approximate surface area is 428 Å². The van der Waals surface area contributed by atoms with Gasteiger partial charge in [0.15, 0.2) is 0 Å². The summed E-state index contributed by atoms with van der Waals surface area (Å²) in [6.45, 7) is 3.02. The Morgan fingerprint density at radius 3 is 1.16 bits per heavy atom. The SMILES string of the molecule is CC1=NN(c2ccc(S(=O)(=O)[O-])cc2)C([O-])C1N=Nc1cc([N+](=O)[O-])ccc1[O-].CC1=NN(c2ccc(S(=O)(=O)[O-])cc2)C([O-])C1N=Nc1cc([N+](=O)[O-])ccc1[O-].[Co+3].[Na+].[Na+].[Na+]. The number of rotatable bonds is 10. The van der Waals surface area contributed by atoms with Crippen LogP contribution in [0.5, 0.6) is 11.5 Å². The Kier molecular flexibility index (Phi) is 21.5. The maximum absolute atomic E-state index is 12.7. The molecule has 0 fully saturated rings. The van der Waals surface area contributed by atoms with Gasteiger partial charge in [0.2, 0.25) is 0 Å². The number of nitrogens with zero attached hydrogens (tertiary/aromatic N) is 10. The summed E-state index contributed by atoms with van der Waals surface area (Å²) in [7, 11) is -9.25. The van der Waals surface area contributed by atoms with E-state index >= 15 is 0 Å². The van der Waals surface area contributed by atoms with E-state index in [1.165, 1.54) is 38.1 Å². The van der Waals surface area contributed by atoms with Crippen LogP contribution in [0.25, 0.3) is 0 Å². The third kappa shape index (κ3) is 13.8. The molecule has 0 saturated heterocycles. The van der Waals surface area contributed by atoms with Crippen molar-refractivity contribution in [3.05, 3.63) is 105 Å². The van der Waals surface area contributed by atoms with Gasteiger partial charge in [0.25, 0.3) is 11.4 Å². The van der Waals surface area contributed by atoms with Crippen LogP contribution in [-0.4, -0.2) is 71.8 Å². The van der Waals surface area contributed by atoms with E-state index in [9.17, 15) is 66.6 Å². The van der Waals surface area contributed by atoms with Crippen molar-refractivity contribution in [2.45, 2.75) is 48.2 Å². The molecule has 0 radical (unpaired) electrons. The van der Waals surface area contributed by atoms with Gasteiger partial charge in [-0.3, -0.25) is 30.2 Å². The minimum absolute atomic E-state index is 0. The van der Waals surface area contributed by atoms with Crippen LogP contribution in [0.2, 0.25) is 0 Å². The van der Waals surface area contributed by atoms with Gasteiger partial charge in [-0.05, 0) is 62.4 Å². The van der Waals surface area contributed by atoms with Crippen LogP contribution in [-0.2, 0) is 37.0 Å². The van der Waals surface area contributed by atoms with Gasteiger partial charge in [0.1, 0.15) is 32.3 Å². The third-order valence-corrected chi connectivity index (χ3v) is 9.77. The number of anilines is 2. The summed E-state index contributed by atoms with van der Waals surface area (Å²) in [6.07, 6.45) is -3.16. The molecule has 4 aromatic rings. The predicted octanol–water partition coefficient (Wildman–Crippen LogP) is -7.78. The van der Waals surface area contributed by atoms with Crippen LogP contribution in [0.3, 0.4) is 0 Å². The fourth-order valence-corrected chi connectivity index (χ4v) is 6.06. The second kappa shape index (κ2) is 23.6. The number of benzene rings is 4. The van der Waals surface area contributed by atoms with Crippen LogP contribution in [0, 0.1) is 20.2 Å². The molecule has 0 saturated carbocycles. The van der Waals surface area contributed by atoms with Crippen LogP contribution >= 0.6 is 0 Å². The molecule has 30 heteroatoms. The standard InChI is InChI=1S/2C16H14N5O7S.Co.3Na/c2*1-9-15(18-17-13-8-11(21(24)25)4-7-14(13)22)16(23)20(19-9)10-2-5-12(6-3-10)29(26,27)28;;;;/h2*2-8,15-16,22H,1H3,(H,26,27,28);;;;/q2*-1;+3;3*+1/p-4. The average Bonchev–Trinajstić information content (AvgIpc) is 3.61. The van der Waals surface area contributed by atoms with Gasteiger partial charge in [-0.2, -0.15) is 30.7 Å². The van der Waals surface area contributed by atoms with Crippen molar-refractivity contribution in [1.82, 2.24) is 0 Å². The molecule has 2 aliphatic rings. The first-order chi connectivity index (χ1) is 27.1. The fourth-order valence-electron chi connectivity index (χ4n) is 5.12. The van der Waals surface area contributed by atoms with E-state index in [1.807, 2.05) is 0 Å². The van der Waals surface area contributed by atoms with E-state index < -0.39 is 75.9 Å². The Morgan fingerprint density at radius 1 is 0.581 bits per heavy atom. The Morgan fingerprint density at radius 2 is 0.887 bits per heavy atom. The molecule has 6 rings (SSSR count). The second-order valence-corrected chi connectivity index (χ2v) is 14.7. The molecule has 310 valence electrons. The minimum Gasteiger partial charge on any atom is -0.871 e. The van der Waals surface area contributed by atoms with Gasteiger partial charge < -0.3 is 29.5 Å². The Balaban J connectivity index is 0.000000582. The fraction of sp³-hybridized carbons (Fsp3) is 0.188. The van der Waals surface area contributed by atoms with Gasteiger partial charge in [-0.15, -0.1) is 0 Å². The van der Waals surface area contributed by atoms with Gasteiger partial charge in [-0.25, -0.2) is 16.8 Å². The Bertz CT molecular complexity index is 2430. The summed E-state index contributed by atoms with van der Waals surface area (Å²) in [4.78, 5) is 19.3. The van der Waals surface area contributed by atoms with Crippen LogP contribution in [0.4, 0.5) is 34.1 Å². The third-order valence-electron chi connectivity index (χ3n) is 8.08. The quantitative estimate of drug-likeness (QED) is 0.0468. The van der Waals surface area contributed by atoms with Gasteiger partial charge in [0, 0.05) is 36.7 Å². The largest absolute Gasteiger partial charge is 3.00 e. The van der Waals surface area contributed by atoms with Gasteiger partial charge in [0.05, 0.1) is 53.8 Å². The van der Waals surface area contributed by atoms with Gasteiger partial charge >= 0.3 is 105 Å². The van der Waals surface area contributed by atoms with E-state index in [0.29, 0.717) is 0 Å². The number of non-ortho nitro benzene ring substituents is 2. The number of hydrogen-bond acceptors (Lipinski definition) is 22. The second-order valence-electron chi connectivity index (χ2n) is 12.0. The molecule has 4 atom stereocenters. The number of hydrogen-bond donors (Lipinski definition) is 0. The molecule has 4 aromatic carbocycles. The van der Waals surface area contributed by atoms with Crippen molar-refractivity contribution in [3.8, 4) is 11.5 Å². The van der Waals surface area contributed by atoms with Crippen molar-refractivity contribution in [3.63, 3.8) is 0 Å². The van der Waals surface area contributed by atoms with E-state index in [0.717, 1.165) is 70.7 Å². The summed E-state index contributed by atoms with van der Waals surface area (Å²) in [5, 5.41) is 95.7. The predicted molar refractivity (Wildman–Crippen MR) is 189 cm³/mol. The summed E-state index contributed by atoms with van der Waals surface area (Å²) in [6, 6.07) is 13.0. The topological polar surface area (TPSA) is 374 Å². The van der Waals surface area contributed by atoms with Gasteiger partial charge in [-0.1, -0.05) is 23.6 Å². The molecule has 0 spiro atoms. The number of azo groups is 2. The summed E-state index contributed by atoms with van der Waals surface area (Å²) in [5.41, 5.74) is -0.263. The number of nitro groups is 2. The summed E-state index contributed by atoms with van der Waals surface area (Å²) < 4.78 is 66.0. The number of nitro benzene ring substituents is 2. The van der Waals surface area contributed by atoms with Crippen molar-refractivity contribution in [1.29, 1.82) is 0 Å². The first kappa shape index (κ1) is 56.7. The van der Waals surface area contributed by atoms with E-state index in [4.69, 9.17) is 0 Å². The van der Waals surface area contributed by atoms with Crippen molar-refractivity contribution in [2.75, 3.05) is 10.0 Å². The molecule has 62 heavy (non-hydrogen) atoms. The molecule has 4 unspecified atom stereocenters. The molecular weight excluding hydrogens is 940 g/mol. The smallest absolute Gasteiger partial charge is 0.871 e. The Hall–Kier alpha value is -3.33. The van der Waals surface area contributed by atoms with E-state index in [2.05, 4.69) is 30.7 Å². The zero-order chi connectivity index (χ0) is 42.7. The van der Waals surface area contributed by atoms with E-state index in [1.54, 1.807) is 0 Å². The summed E-state index contributed by atoms with van der Waals surface area (Å²) >= 11 is 0. The first-order valence-electron chi connectivity index (χ1n) is 16.0. The van der Waals surface area contributed by atoms with Crippen LogP contribution in [0.15, 0.2) is 125 Å².